The smallest absolute Gasteiger partial charge is 0.131 e. The van der Waals surface area contributed by atoms with Crippen LogP contribution in [0.1, 0.15) is 38.3 Å². The van der Waals surface area contributed by atoms with Gasteiger partial charge in [-0.1, -0.05) is 32.8 Å². The molecule has 0 bridgehead atoms. The zero-order valence-electron chi connectivity index (χ0n) is 10.2. The second-order valence-corrected chi connectivity index (χ2v) is 3.99. The third-order valence-electron chi connectivity index (χ3n) is 3.12. The van der Waals surface area contributed by atoms with Gasteiger partial charge in [-0.3, -0.25) is 0 Å². The van der Waals surface area contributed by atoms with E-state index in [1.165, 1.54) is 13.2 Å². The lowest BCUT2D eigenvalue weighted by Crippen LogP contribution is -2.21. The van der Waals surface area contributed by atoms with Crippen LogP contribution in [-0.4, -0.2) is 7.11 Å². The minimum atomic E-state index is -0.279. The molecule has 0 amide bonds. The van der Waals surface area contributed by atoms with Crippen LogP contribution in [0.3, 0.4) is 0 Å². The van der Waals surface area contributed by atoms with Gasteiger partial charge in [0.05, 0.1) is 7.11 Å². The number of benzene rings is 1. The molecule has 0 heterocycles. The molecule has 1 aromatic rings. The Morgan fingerprint density at radius 2 is 1.94 bits per heavy atom. The number of halogens is 1. The summed E-state index contributed by atoms with van der Waals surface area (Å²) in [6.45, 7) is 4.16. The summed E-state index contributed by atoms with van der Waals surface area (Å²) in [5.41, 5.74) is 6.65. The summed E-state index contributed by atoms with van der Waals surface area (Å²) in [6, 6.07) is 4.62. The highest BCUT2D eigenvalue weighted by Gasteiger charge is 2.19. The highest BCUT2D eigenvalue weighted by atomic mass is 19.1. The standard InChI is InChI=1S/C13H20FNO/c1-4-9(5-2)13(15)11-7-6-10(16-3)8-12(11)14/h6-9,13H,4-5,15H2,1-3H3. The van der Waals surface area contributed by atoms with Gasteiger partial charge in [-0.15, -0.1) is 0 Å². The van der Waals surface area contributed by atoms with Crippen LogP contribution in [0, 0.1) is 11.7 Å². The largest absolute Gasteiger partial charge is 0.497 e. The van der Waals surface area contributed by atoms with E-state index in [1.807, 2.05) is 0 Å². The maximum Gasteiger partial charge on any atom is 0.131 e. The van der Waals surface area contributed by atoms with Crippen molar-refractivity contribution in [3.8, 4) is 5.75 Å². The van der Waals surface area contributed by atoms with E-state index in [0.717, 1.165) is 12.8 Å². The molecular formula is C13H20FNO. The van der Waals surface area contributed by atoms with Crippen molar-refractivity contribution in [3.05, 3.63) is 29.6 Å². The molecule has 0 aliphatic carbocycles. The van der Waals surface area contributed by atoms with Gasteiger partial charge in [-0.2, -0.15) is 0 Å². The molecule has 1 atom stereocenters. The molecule has 1 unspecified atom stereocenters. The molecule has 0 aliphatic heterocycles. The molecule has 0 aliphatic rings. The maximum atomic E-state index is 13.8. The second kappa shape index (κ2) is 5.85. The number of nitrogens with two attached hydrogens (primary N) is 1. The Morgan fingerprint density at radius 1 is 1.31 bits per heavy atom. The third kappa shape index (κ3) is 2.73. The van der Waals surface area contributed by atoms with Gasteiger partial charge in [0.1, 0.15) is 11.6 Å². The second-order valence-electron chi connectivity index (χ2n) is 3.99. The Bertz CT molecular complexity index is 337. The molecule has 0 saturated heterocycles. The van der Waals surface area contributed by atoms with Crippen molar-refractivity contribution in [1.29, 1.82) is 0 Å². The van der Waals surface area contributed by atoms with Crippen LogP contribution in [0.4, 0.5) is 4.39 Å². The first-order chi connectivity index (χ1) is 7.63. The summed E-state index contributed by atoms with van der Waals surface area (Å²) >= 11 is 0. The van der Waals surface area contributed by atoms with Gasteiger partial charge in [0.2, 0.25) is 0 Å². The van der Waals surface area contributed by atoms with Crippen LogP contribution in [0.2, 0.25) is 0 Å². The Kier molecular flexibility index (Phi) is 4.74. The van der Waals surface area contributed by atoms with Crippen molar-refractivity contribution in [1.82, 2.24) is 0 Å². The van der Waals surface area contributed by atoms with Gasteiger partial charge < -0.3 is 10.5 Å². The molecule has 0 radical (unpaired) electrons. The Balaban J connectivity index is 2.95. The van der Waals surface area contributed by atoms with E-state index in [9.17, 15) is 4.39 Å². The lowest BCUT2D eigenvalue weighted by Gasteiger charge is -2.22. The van der Waals surface area contributed by atoms with Crippen molar-refractivity contribution in [3.63, 3.8) is 0 Å². The predicted octanol–water partition coefficient (Wildman–Crippen LogP) is 3.27. The van der Waals surface area contributed by atoms with Crippen molar-refractivity contribution < 1.29 is 9.13 Å². The van der Waals surface area contributed by atoms with E-state index in [4.69, 9.17) is 10.5 Å². The molecule has 1 aromatic carbocycles. The monoisotopic (exact) mass is 225 g/mol. The minimum Gasteiger partial charge on any atom is -0.497 e. The summed E-state index contributed by atoms with van der Waals surface area (Å²) in [5.74, 6) is 0.569. The molecule has 0 saturated carbocycles. The molecule has 2 N–H and O–H groups in total. The quantitative estimate of drug-likeness (QED) is 0.834. The molecule has 0 aromatic heterocycles. The Hall–Kier alpha value is -1.09. The van der Waals surface area contributed by atoms with Crippen molar-refractivity contribution >= 4 is 0 Å². The first-order valence-electron chi connectivity index (χ1n) is 5.73. The maximum absolute atomic E-state index is 13.8. The average molecular weight is 225 g/mol. The van der Waals surface area contributed by atoms with E-state index >= 15 is 0 Å². The number of methoxy groups -OCH3 is 1. The normalized spacial score (nSPS) is 12.9. The zero-order chi connectivity index (χ0) is 12.1. The number of hydrogen-bond donors (Lipinski definition) is 1. The first kappa shape index (κ1) is 13.0. The lowest BCUT2D eigenvalue weighted by atomic mass is 9.89. The number of hydrogen-bond acceptors (Lipinski definition) is 2. The predicted molar refractivity (Wildman–Crippen MR) is 64.0 cm³/mol. The van der Waals surface area contributed by atoms with Crippen molar-refractivity contribution in [2.24, 2.45) is 11.7 Å². The van der Waals surface area contributed by atoms with Gasteiger partial charge in [0, 0.05) is 17.7 Å². The minimum absolute atomic E-state index is 0.235. The van der Waals surface area contributed by atoms with Crippen molar-refractivity contribution in [2.75, 3.05) is 7.11 Å². The van der Waals surface area contributed by atoms with E-state index in [1.54, 1.807) is 12.1 Å². The van der Waals surface area contributed by atoms with Crippen LogP contribution < -0.4 is 10.5 Å². The van der Waals surface area contributed by atoms with Gasteiger partial charge in [-0.25, -0.2) is 4.39 Å². The van der Waals surface area contributed by atoms with Crippen LogP contribution in [0.25, 0.3) is 0 Å². The molecule has 16 heavy (non-hydrogen) atoms. The van der Waals surface area contributed by atoms with Gasteiger partial charge in [0.15, 0.2) is 0 Å². The summed E-state index contributed by atoms with van der Waals surface area (Å²) < 4.78 is 18.7. The highest BCUT2D eigenvalue weighted by molar-refractivity contribution is 5.31. The summed E-state index contributed by atoms with van der Waals surface area (Å²) in [4.78, 5) is 0. The van der Waals surface area contributed by atoms with Gasteiger partial charge >= 0.3 is 0 Å². The van der Waals surface area contributed by atoms with Crippen molar-refractivity contribution in [2.45, 2.75) is 32.7 Å². The fraction of sp³-hybridized carbons (Fsp3) is 0.538. The first-order valence-corrected chi connectivity index (χ1v) is 5.73. The van der Waals surface area contributed by atoms with Crippen LogP contribution >= 0.6 is 0 Å². The fourth-order valence-corrected chi connectivity index (χ4v) is 1.96. The fourth-order valence-electron chi connectivity index (χ4n) is 1.96. The number of ether oxygens (including phenoxy) is 1. The van der Waals surface area contributed by atoms with E-state index < -0.39 is 0 Å². The summed E-state index contributed by atoms with van der Waals surface area (Å²) in [5, 5.41) is 0. The summed E-state index contributed by atoms with van der Waals surface area (Å²) in [7, 11) is 1.52. The topological polar surface area (TPSA) is 35.2 Å². The molecular weight excluding hydrogens is 205 g/mol. The SMILES string of the molecule is CCC(CC)C(N)c1ccc(OC)cc1F. The molecule has 2 nitrogen and oxygen atoms in total. The van der Waals surface area contributed by atoms with Crippen LogP contribution in [0.5, 0.6) is 5.75 Å². The molecule has 1 rings (SSSR count). The molecule has 90 valence electrons. The van der Waals surface area contributed by atoms with Crippen LogP contribution in [0.15, 0.2) is 18.2 Å². The van der Waals surface area contributed by atoms with E-state index in [-0.39, 0.29) is 11.9 Å². The molecule has 0 fully saturated rings. The van der Waals surface area contributed by atoms with Gasteiger partial charge in [0.25, 0.3) is 0 Å². The number of rotatable bonds is 5. The van der Waals surface area contributed by atoms with E-state index in [0.29, 0.717) is 17.2 Å². The van der Waals surface area contributed by atoms with Crippen LogP contribution in [-0.2, 0) is 0 Å². The highest BCUT2D eigenvalue weighted by Crippen LogP contribution is 2.28. The summed E-state index contributed by atoms with van der Waals surface area (Å²) in [6.07, 6.45) is 1.92. The molecule has 3 heteroatoms. The van der Waals surface area contributed by atoms with Gasteiger partial charge in [-0.05, 0) is 12.0 Å². The Labute approximate surface area is 96.6 Å². The third-order valence-corrected chi connectivity index (χ3v) is 3.12. The lowest BCUT2D eigenvalue weighted by molar-refractivity contribution is 0.388. The zero-order valence-corrected chi connectivity index (χ0v) is 10.2. The van der Waals surface area contributed by atoms with E-state index in [2.05, 4.69) is 13.8 Å². The average Bonchev–Trinajstić information content (AvgIpc) is 2.30. The molecule has 0 spiro atoms. The Morgan fingerprint density at radius 3 is 2.38 bits per heavy atom.